The lowest BCUT2D eigenvalue weighted by atomic mass is 10.1. The van der Waals surface area contributed by atoms with Crippen LogP contribution in [-0.2, 0) is 4.74 Å². The van der Waals surface area contributed by atoms with Gasteiger partial charge in [0.25, 0.3) is 5.91 Å². The van der Waals surface area contributed by atoms with Crippen LogP contribution >= 0.6 is 0 Å². The van der Waals surface area contributed by atoms with Crippen molar-refractivity contribution in [1.82, 2.24) is 15.3 Å². The standard InChI is InChI=1S/C24H31N7O4/c1-24(2,3)35-23(33)30-21-14-11-31(12-15(14)21)20-10-27-18(9-28-20)22(32)29-17-6-13(8-26-4)16(25)7-19(17)34-5/h6-10,14-15,21H,11-12,25H2,1-5H3,(H,29,32)(H,30,33). The van der Waals surface area contributed by atoms with E-state index in [2.05, 4.69) is 30.5 Å². The summed E-state index contributed by atoms with van der Waals surface area (Å²) in [7, 11) is 3.14. The van der Waals surface area contributed by atoms with E-state index in [-0.39, 0.29) is 17.8 Å². The molecule has 186 valence electrons. The largest absolute Gasteiger partial charge is 0.494 e. The SMILES string of the molecule is CN=Cc1cc(NC(=O)c2cnc(N3CC4C(C3)C4NC(=O)OC(C)(C)C)cn2)c(OC)cc1N. The highest BCUT2D eigenvalue weighted by molar-refractivity contribution is 6.04. The predicted octanol–water partition coefficient (Wildman–Crippen LogP) is 2.33. The molecule has 2 aliphatic rings. The van der Waals surface area contributed by atoms with E-state index in [1.807, 2.05) is 20.8 Å². The number of benzene rings is 1. The van der Waals surface area contributed by atoms with E-state index < -0.39 is 11.5 Å². The zero-order chi connectivity index (χ0) is 25.3. The van der Waals surface area contributed by atoms with Crippen molar-refractivity contribution >= 4 is 35.4 Å². The molecular formula is C24H31N7O4. The number of aliphatic imine (C=N–C) groups is 1. The third kappa shape index (κ3) is 5.44. The van der Waals surface area contributed by atoms with Crippen molar-refractivity contribution < 1.29 is 19.1 Å². The maximum absolute atomic E-state index is 12.8. The Hall–Kier alpha value is -3.89. The van der Waals surface area contributed by atoms with E-state index in [1.165, 1.54) is 13.3 Å². The van der Waals surface area contributed by atoms with E-state index in [1.54, 1.807) is 31.6 Å². The topological polar surface area (TPSA) is 144 Å². The number of nitrogens with two attached hydrogens (primary N) is 1. The number of hydrogen-bond acceptors (Lipinski definition) is 9. The van der Waals surface area contributed by atoms with E-state index >= 15 is 0 Å². The van der Waals surface area contributed by atoms with Crippen LogP contribution < -0.4 is 26.0 Å². The summed E-state index contributed by atoms with van der Waals surface area (Å²) in [6, 6.07) is 3.45. The molecule has 2 atom stereocenters. The molecule has 0 spiro atoms. The van der Waals surface area contributed by atoms with E-state index in [4.69, 9.17) is 15.2 Å². The van der Waals surface area contributed by atoms with Gasteiger partial charge in [0.15, 0.2) is 0 Å². The second kappa shape index (κ2) is 9.40. The molecule has 11 heteroatoms. The summed E-state index contributed by atoms with van der Waals surface area (Å²) in [5.74, 6) is 1.41. The van der Waals surface area contributed by atoms with Crippen LogP contribution in [0.2, 0.25) is 0 Å². The number of carbonyl (C=O) groups excluding carboxylic acids is 2. The van der Waals surface area contributed by atoms with Gasteiger partial charge < -0.3 is 30.7 Å². The number of nitrogens with zero attached hydrogens (tertiary/aromatic N) is 4. The summed E-state index contributed by atoms with van der Waals surface area (Å²) < 4.78 is 10.7. The maximum atomic E-state index is 12.8. The molecular weight excluding hydrogens is 450 g/mol. The van der Waals surface area contributed by atoms with Gasteiger partial charge in [-0.1, -0.05) is 0 Å². The number of methoxy groups -OCH3 is 1. The maximum Gasteiger partial charge on any atom is 0.407 e. The molecule has 2 fully saturated rings. The molecule has 1 saturated heterocycles. The first-order valence-corrected chi connectivity index (χ1v) is 11.4. The average Bonchev–Trinajstić information content (AvgIpc) is 3.22. The molecule has 2 amide bonds. The molecule has 1 aliphatic heterocycles. The van der Waals surface area contributed by atoms with Gasteiger partial charge >= 0.3 is 6.09 Å². The molecule has 1 aromatic heterocycles. The van der Waals surface area contributed by atoms with Gasteiger partial charge in [0.2, 0.25) is 0 Å². The molecule has 11 nitrogen and oxygen atoms in total. The number of alkyl carbamates (subject to hydrolysis) is 1. The van der Waals surface area contributed by atoms with Crippen molar-refractivity contribution in [3.8, 4) is 5.75 Å². The van der Waals surface area contributed by atoms with Gasteiger partial charge in [0.05, 0.1) is 25.2 Å². The van der Waals surface area contributed by atoms with Gasteiger partial charge in [0, 0.05) is 61.5 Å². The van der Waals surface area contributed by atoms with Gasteiger partial charge in [0.1, 0.15) is 22.9 Å². The smallest absolute Gasteiger partial charge is 0.407 e. The van der Waals surface area contributed by atoms with Crippen LogP contribution in [0.3, 0.4) is 0 Å². The van der Waals surface area contributed by atoms with Crippen LogP contribution in [0.1, 0.15) is 36.8 Å². The fourth-order valence-electron chi connectivity index (χ4n) is 4.29. The van der Waals surface area contributed by atoms with Gasteiger partial charge in [-0.2, -0.15) is 0 Å². The lowest BCUT2D eigenvalue weighted by Gasteiger charge is -2.23. The van der Waals surface area contributed by atoms with Crippen LogP contribution in [0.4, 0.5) is 22.0 Å². The fraction of sp³-hybridized carbons (Fsp3) is 0.458. The van der Waals surface area contributed by atoms with E-state index in [0.717, 1.165) is 13.1 Å². The van der Waals surface area contributed by atoms with Crippen molar-refractivity contribution in [2.24, 2.45) is 16.8 Å². The quantitative estimate of drug-likeness (QED) is 0.421. The first-order chi connectivity index (χ1) is 16.6. The van der Waals surface area contributed by atoms with Crippen molar-refractivity contribution in [2.75, 3.05) is 43.2 Å². The number of anilines is 3. The highest BCUT2D eigenvalue weighted by atomic mass is 16.6. The Bertz CT molecular complexity index is 1130. The van der Waals surface area contributed by atoms with Gasteiger partial charge in [-0.15, -0.1) is 0 Å². The van der Waals surface area contributed by atoms with Crippen molar-refractivity contribution in [3.05, 3.63) is 35.8 Å². The monoisotopic (exact) mass is 481 g/mol. The Morgan fingerprint density at radius 3 is 2.49 bits per heavy atom. The number of nitrogen functional groups attached to an aromatic ring is 1. The fourth-order valence-corrected chi connectivity index (χ4v) is 4.29. The molecule has 0 bridgehead atoms. The van der Waals surface area contributed by atoms with Gasteiger partial charge in [-0.25, -0.2) is 14.8 Å². The van der Waals surface area contributed by atoms with Crippen molar-refractivity contribution in [3.63, 3.8) is 0 Å². The lowest BCUT2D eigenvalue weighted by Crippen LogP contribution is -2.38. The van der Waals surface area contributed by atoms with Gasteiger partial charge in [-0.05, 0) is 26.8 Å². The Balaban J connectivity index is 1.35. The third-order valence-corrected chi connectivity index (χ3v) is 5.99. The predicted molar refractivity (Wildman–Crippen MR) is 133 cm³/mol. The summed E-state index contributed by atoms with van der Waals surface area (Å²) in [5.41, 5.74) is 7.26. The zero-order valence-corrected chi connectivity index (χ0v) is 20.5. The summed E-state index contributed by atoms with van der Waals surface area (Å²) in [4.78, 5) is 39.6. The minimum absolute atomic E-state index is 0.122. The number of carbonyl (C=O) groups is 2. The minimum Gasteiger partial charge on any atom is -0.494 e. The number of rotatable bonds is 6. The van der Waals surface area contributed by atoms with Crippen molar-refractivity contribution in [2.45, 2.75) is 32.4 Å². The van der Waals surface area contributed by atoms with Crippen LogP contribution in [0.25, 0.3) is 0 Å². The number of amides is 2. The Labute approximate surface area is 204 Å². The molecule has 35 heavy (non-hydrogen) atoms. The second-order valence-electron chi connectivity index (χ2n) is 9.69. The molecule has 0 radical (unpaired) electrons. The third-order valence-electron chi connectivity index (χ3n) is 5.99. The highest BCUT2D eigenvalue weighted by Gasteiger charge is 2.57. The summed E-state index contributed by atoms with van der Waals surface area (Å²) in [6.45, 7) is 7.05. The Morgan fingerprint density at radius 1 is 1.20 bits per heavy atom. The molecule has 1 aliphatic carbocycles. The zero-order valence-electron chi connectivity index (χ0n) is 20.5. The first-order valence-electron chi connectivity index (χ1n) is 11.4. The number of piperidine rings is 1. The van der Waals surface area contributed by atoms with Crippen LogP contribution in [0, 0.1) is 11.8 Å². The van der Waals surface area contributed by atoms with E-state index in [9.17, 15) is 9.59 Å². The molecule has 4 N–H and O–H groups in total. The van der Waals surface area contributed by atoms with Crippen LogP contribution in [-0.4, -0.2) is 67.1 Å². The van der Waals surface area contributed by atoms with Crippen molar-refractivity contribution in [1.29, 1.82) is 0 Å². The molecule has 2 aromatic rings. The summed E-state index contributed by atoms with van der Waals surface area (Å²) >= 11 is 0. The second-order valence-corrected chi connectivity index (χ2v) is 9.69. The van der Waals surface area contributed by atoms with Crippen LogP contribution in [0.5, 0.6) is 5.75 Å². The number of aromatic nitrogens is 2. The van der Waals surface area contributed by atoms with Crippen LogP contribution in [0.15, 0.2) is 29.5 Å². The summed E-state index contributed by atoms with van der Waals surface area (Å²) in [6.07, 6.45) is 4.26. The van der Waals surface area contributed by atoms with E-state index in [0.29, 0.717) is 40.3 Å². The lowest BCUT2D eigenvalue weighted by molar-refractivity contribution is 0.0518. The molecule has 1 aromatic carbocycles. The number of hydrogen-bond donors (Lipinski definition) is 3. The minimum atomic E-state index is -0.519. The Morgan fingerprint density at radius 2 is 1.91 bits per heavy atom. The number of nitrogens with one attached hydrogen (secondary N) is 2. The molecule has 1 saturated carbocycles. The first kappa shape index (κ1) is 24.2. The number of ether oxygens (including phenoxy) is 2. The number of fused-ring (bicyclic) bond motifs is 1. The summed E-state index contributed by atoms with van der Waals surface area (Å²) in [5, 5.41) is 5.75. The Kier molecular flexibility index (Phi) is 6.51. The molecule has 2 unspecified atom stereocenters. The highest BCUT2D eigenvalue weighted by Crippen LogP contribution is 2.46. The molecule has 2 heterocycles. The normalized spacial score (nSPS) is 20.9. The van der Waals surface area contributed by atoms with Gasteiger partial charge in [-0.3, -0.25) is 9.79 Å². The average molecular weight is 482 g/mol. The molecule has 4 rings (SSSR count).